The Bertz CT molecular complexity index is 905. The molecule has 0 saturated carbocycles. The number of amidine groups is 1. The van der Waals surface area contributed by atoms with Crippen LogP contribution in [0.3, 0.4) is 0 Å². The van der Waals surface area contributed by atoms with Crippen molar-refractivity contribution in [1.82, 2.24) is 4.90 Å². The van der Waals surface area contributed by atoms with Crippen LogP contribution in [0.2, 0.25) is 0 Å². The highest BCUT2D eigenvalue weighted by Gasteiger charge is 2.47. The van der Waals surface area contributed by atoms with Gasteiger partial charge in [0.25, 0.3) is 5.91 Å². The number of nitrogens with zero attached hydrogens (tertiary/aromatic N) is 2. The summed E-state index contributed by atoms with van der Waals surface area (Å²) >= 11 is 0. The predicted molar refractivity (Wildman–Crippen MR) is 129 cm³/mol. The molecule has 170 valence electrons. The second-order valence-corrected chi connectivity index (χ2v) is 10.9. The zero-order valence-electron chi connectivity index (χ0n) is 19.6. The summed E-state index contributed by atoms with van der Waals surface area (Å²) in [6.45, 7) is 13.5. The van der Waals surface area contributed by atoms with Gasteiger partial charge in [0.1, 0.15) is 17.2 Å². The molecule has 0 fully saturated rings. The quantitative estimate of drug-likeness (QED) is 0.531. The van der Waals surface area contributed by atoms with Gasteiger partial charge in [0.15, 0.2) is 8.30 Å². The Morgan fingerprint density at radius 3 is 2.65 bits per heavy atom. The number of fused-ring (bicyclic) bond motifs is 1. The van der Waals surface area contributed by atoms with Gasteiger partial charge in [-0.3, -0.25) is 4.79 Å². The number of hydrogen-bond acceptors (Lipinski definition) is 6. The van der Waals surface area contributed by atoms with E-state index in [0.717, 1.165) is 23.1 Å². The number of anilines is 2. The van der Waals surface area contributed by atoms with Crippen LogP contribution in [0, 0.1) is 11.3 Å². The summed E-state index contributed by atoms with van der Waals surface area (Å²) in [6, 6.07) is 5.55. The van der Waals surface area contributed by atoms with Crippen LogP contribution in [0.5, 0.6) is 0 Å². The van der Waals surface area contributed by atoms with Crippen LogP contribution in [0.15, 0.2) is 34.3 Å². The highest BCUT2D eigenvalue weighted by molar-refractivity contribution is 7.60. The Labute approximate surface area is 186 Å². The van der Waals surface area contributed by atoms with E-state index in [-0.39, 0.29) is 28.7 Å². The highest BCUT2D eigenvalue weighted by atomic mass is 31.2. The van der Waals surface area contributed by atoms with E-state index in [1.54, 1.807) is 4.90 Å². The van der Waals surface area contributed by atoms with E-state index in [9.17, 15) is 9.90 Å². The van der Waals surface area contributed by atoms with Gasteiger partial charge in [-0.1, -0.05) is 34.6 Å². The third kappa shape index (κ3) is 4.73. The maximum atomic E-state index is 13.5. The van der Waals surface area contributed by atoms with Crippen LogP contribution in [0.25, 0.3) is 0 Å². The van der Waals surface area contributed by atoms with Crippen LogP contribution < -0.4 is 15.9 Å². The van der Waals surface area contributed by atoms with Crippen molar-refractivity contribution in [1.29, 1.82) is 0 Å². The first-order valence-corrected chi connectivity index (χ1v) is 12.1. The van der Waals surface area contributed by atoms with Crippen LogP contribution in [0.1, 0.15) is 48.0 Å². The zero-order chi connectivity index (χ0) is 22.9. The molecule has 7 nitrogen and oxygen atoms in total. The molecule has 3 N–H and O–H groups in total. The molecule has 2 unspecified atom stereocenters. The van der Waals surface area contributed by atoms with Gasteiger partial charge in [0, 0.05) is 19.3 Å². The average Bonchev–Trinajstić information content (AvgIpc) is 2.95. The van der Waals surface area contributed by atoms with E-state index < -0.39 is 8.30 Å². The molecule has 8 heteroatoms. The molecule has 31 heavy (non-hydrogen) atoms. The first-order chi connectivity index (χ1) is 14.6. The Kier molecular flexibility index (Phi) is 6.97. The number of nitrogens with one attached hydrogen (secondary N) is 2. The van der Waals surface area contributed by atoms with E-state index >= 15 is 0 Å². The van der Waals surface area contributed by atoms with Gasteiger partial charge >= 0.3 is 0 Å². The van der Waals surface area contributed by atoms with E-state index in [1.165, 1.54) is 0 Å². The van der Waals surface area contributed by atoms with Crippen molar-refractivity contribution in [3.05, 3.63) is 29.5 Å². The fraction of sp³-hybridized carbons (Fsp3) is 0.565. The van der Waals surface area contributed by atoms with Gasteiger partial charge < -0.3 is 25.2 Å². The fourth-order valence-corrected chi connectivity index (χ4v) is 5.43. The number of carbonyl (C=O) groups excluding carboxylic acids is 1. The maximum Gasteiger partial charge on any atom is 0.261 e. The monoisotopic (exact) mass is 446 g/mol. The first kappa shape index (κ1) is 23.6. The molecule has 0 aromatic heterocycles. The van der Waals surface area contributed by atoms with Crippen molar-refractivity contribution in [3.8, 4) is 0 Å². The summed E-state index contributed by atoms with van der Waals surface area (Å²) < 4.78 is 10.7. The standard InChI is InChI=1S/C23H35N4O3P/c1-8-30-31-17-13-15(24-7)9-10-16(17)25-21(26-31)18-19(28)20(23(4,5)6)27(22(18)29)12-11-14(2)3/h9-10,13-14,20,24,28H,8,11-12H2,1-7H3,(H,25,26). The molecule has 1 amide bonds. The minimum Gasteiger partial charge on any atom is -0.509 e. The van der Waals surface area contributed by atoms with E-state index in [2.05, 4.69) is 24.5 Å². The minimum absolute atomic E-state index is 0.0919. The predicted octanol–water partition coefficient (Wildman–Crippen LogP) is 4.64. The van der Waals surface area contributed by atoms with Crippen LogP contribution in [-0.4, -0.2) is 48.0 Å². The maximum absolute atomic E-state index is 13.5. The number of rotatable bonds is 7. The van der Waals surface area contributed by atoms with Crippen molar-refractivity contribution < 1.29 is 14.4 Å². The molecule has 0 bridgehead atoms. The van der Waals surface area contributed by atoms with Gasteiger partial charge in [-0.15, -0.1) is 0 Å². The molecule has 0 aliphatic carbocycles. The Hall–Kier alpha value is -2.11. The van der Waals surface area contributed by atoms with Gasteiger partial charge in [-0.25, -0.2) is 4.76 Å². The molecule has 2 aliphatic rings. The summed E-state index contributed by atoms with van der Waals surface area (Å²) in [7, 11) is 0.561. The number of carbonyl (C=O) groups is 1. The average molecular weight is 447 g/mol. The molecule has 3 rings (SSSR count). The van der Waals surface area contributed by atoms with Gasteiger partial charge in [0.05, 0.1) is 23.6 Å². The molecule has 0 spiro atoms. The van der Waals surface area contributed by atoms with Gasteiger partial charge in [-0.2, -0.15) is 0 Å². The number of amides is 1. The van der Waals surface area contributed by atoms with E-state index in [4.69, 9.17) is 9.29 Å². The molecule has 2 aliphatic heterocycles. The molecule has 2 atom stereocenters. The van der Waals surface area contributed by atoms with Crippen molar-refractivity contribution in [3.63, 3.8) is 0 Å². The largest absolute Gasteiger partial charge is 0.509 e. The van der Waals surface area contributed by atoms with Crippen molar-refractivity contribution in [2.75, 3.05) is 30.8 Å². The number of benzene rings is 1. The number of aliphatic hydroxyl groups is 1. The summed E-state index contributed by atoms with van der Waals surface area (Å²) in [5, 5.41) is 18.6. The topological polar surface area (TPSA) is 86.2 Å². The minimum atomic E-state index is -1.31. The highest BCUT2D eigenvalue weighted by Crippen LogP contribution is 2.46. The lowest BCUT2D eigenvalue weighted by atomic mass is 9.85. The Morgan fingerprint density at radius 1 is 1.35 bits per heavy atom. The SMILES string of the molecule is CCOP1N=C(C2=C(O)C(C(C)(C)C)N(CCC(C)C)C2=O)Nc2ccc(NC)cc21. The lowest BCUT2D eigenvalue weighted by Crippen LogP contribution is -2.44. The molecular weight excluding hydrogens is 411 g/mol. The fourth-order valence-electron chi connectivity index (χ4n) is 3.96. The van der Waals surface area contributed by atoms with Crippen LogP contribution >= 0.6 is 8.30 Å². The summed E-state index contributed by atoms with van der Waals surface area (Å²) in [5.41, 5.74) is 1.78. The second kappa shape index (κ2) is 9.17. The first-order valence-electron chi connectivity index (χ1n) is 10.9. The van der Waals surface area contributed by atoms with Crippen LogP contribution in [-0.2, 0) is 9.32 Å². The summed E-state index contributed by atoms with van der Waals surface area (Å²) in [6.07, 6.45) is 0.875. The molecule has 1 aromatic rings. The molecule has 0 radical (unpaired) electrons. The van der Waals surface area contributed by atoms with Crippen LogP contribution in [0.4, 0.5) is 11.4 Å². The van der Waals surface area contributed by atoms with E-state index in [1.807, 2.05) is 52.9 Å². The normalized spacial score (nSPS) is 21.4. The molecule has 1 aromatic carbocycles. The lowest BCUT2D eigenvalue weighted by Gasteiger charge is -2.35. The van der Waals surface area contributed by atoms with Crippen molar-refractivity contribution in [2.45, 2.75) is 54.0 Å². The van der Waals surface area contributed by atoms with Gasteiger partial charge in [-0.05, 0) is 42.9 Å². The van der Waals surface area contributed by atoms with Crippen molar-refractivity contribution in [2.24, 2.45) is 16.1 Å². The van der Waals surface area contributed by atoms with Crippen molar-refractivity contribution >= 4 is 36.7 Å². The second-order valence-electron chi connectivity index (χ2n) is 9.46. The third-order valence-electron chi connectivity index (χ3n) is 5.49. The van der Waals surface area contributed by atoms with Gasteiger partial charge in [0.2, 0.25) is 0 Å². The summed E-state index contributed by atoms with van der Waals surface area (Å²) in [4.78, 5) is 15.3. The summed E-state index contributed by atoms with van der Waals surface area (Å²) in [5.74, 6) is 0.775. The zero-order valence-corrected chi connectivity index (χ0v) is 20.5. The third-order valence-corrected chi connectivity index (χ3v) is 7.16. The molecular formula is C23H35N4O3P. The number of hydrogen-bond donors (Lipinski definition) is 3. The molecule has 0 saturated heterocycles. The Morgan fingerprint density at radius 2 is 2.06 bits per heavy atom. The smallest absolute Gasteiger partial charge is 0.261 e. The van der Waals surface area contributed by atoms with E-state index in [0.29, 0.717) is 24.9 Å². The molecule has 2 heterocycles. The number of aliphatic hydroxyl groups excluding tert-OH is 1. The Balaban J connectivity index is 2.03. The lowest BCUT2D eigenvalue weighted by molar-refractivity contribution is -0.128.